The van der Waals surface area contributed by atoms with Gasteiger partial charge in [-0.2, -0.15) is 13.2 Å². The number of aliphatic hydroxyl groups excluding tert-OH is 3. The fourth-order valence-corrected chi connectivity index (χ4v) is 5.72. The van der Waals surface area contributed by atoms with Gasteiger partial charge >= 0.3 is 6.18 Å². The summed E-state index contributed by atoms with van der Waals surface area (Å²) in [7, 11) is 0. The zero-order valence-corrected chi connectivity index (χ0v) is 20.8. The Bertz CT molecular complexity index is 1160. The highest BCUT2D eigenvalue weighted by atomic mass is 19.4. The van der Waals surface area contributed by atoms with Gasteiger partial charge in [0.1, 0.15) is 6.10 Å². The summed E-state index contributed by atoms with van der Waals surface area (Å²) in [4.78, 5) is 5.77. The van der Waals surface area contributed by atoms with Gasteiger partial charge in [0.05, 0.1) is 12.0 Å². The van der Waals surface area contributed by atoms with Crippen LogP contribution < -0.4 is 5.32 Å². The van der Waals surface area contributed by atoms with E-state index in [1.165, 1.54) is 0 Å². The highest BCUT2D eigenvalue weighted by Crippen LogP contribution is 2.43. The normalized spacial score (nSPS) is 32.5. The Morgan fingerprint density at radius 3 is 2.87 bits per heavy atom. The van der Waals surface area contributed by atoms with Crippen molar-refractivity contribution in [3.05, 3.63) is 89.5 Å². The molecular formula is C28H32F3N3O4. The van der Waals surface area contributed by atoms with Crippen LogP contribution in [-0.2, 0) is 4.74 Å². The number of ether oxygens (including phenoxy) is 1. The second-order valence-electron chi connectivity index (χ2n) is 10.2. The topological polar surface area (TPSA) is 98.1 Å². The van der Waals surface area contributed by atoms with Gasteiger partial charge in [-0.05, 0) is 49.0 Å². The van der Waals surface area contributed by atoms with Gasteiger partial charge in [-0.1, -0.05) is 36.9 Å². The number of fused-ring (bicyclic) bond motifs is 1. The van der Waals surface area contributed by atoms with E-state index in [4.69, 9.17) is 4.74 Å². The van der Waals surface area contributed by atoms with E-state index in [-0.39, 0.29) is 12.5 Å². The van der Waals surface area contributed by atoms with Crippen molar-refractivity contribution < 1.29 is 33.2 Å². The van der Waals surface area contributed by atoms with Crippen molar-refractivity contribution in [2.24, 2.45) is 11.8 Å². The standard InChI is InChI=1S/C28H32F3N3O4/c1-16(25(35)18-5-4-10-32-14-18)11-20-15-34(27(37)38-20)19-9-8-17-12-24(33-26(36)22(17)13-19)21-6-2-3-7-23(21)28(29,30)31/h2,4-6,8,10,12-14,19-21,23,25-27,33,35-37H,1,3,7,9,11,15H2. The second kappa shape index (κ2) is 10.8. The van der Waals surface area contributed by atoms with Gasteiger partial charge < -0.3 is 25.4 Å². The van der Waals surface area contributed by atoms with Crippen LogP contribution in [0.1, 0.15) is 37.4 Å². The molecule has 0 spiro atoms. The maximum atomic E-state index is 13.6. The van der Waals surface area contributed by atoms with Gasteiger partial charge in [-0.15, -0.1) is 0 Å². The second-order valence-corrected chi connectivity index (χ2v) is 10.2. The minimum atomic E-state index is -4.33. The summed E-state index contributed by atoms with van der Waals surface area (Å²) in [6.45, 7) is 4.36. The lowest BCUT2D eigenvalue weighted by Crippen LogP contribution is -2.44. The third kappa shape index (κ3) is 5.50. The molecule has 204 valence electrons. The van der Waals surface area contributed by atoms with Gasteiger partial charge in [0.25, 0.3) is 0 Å². The molecule has 3 heterocycles. The smallest absolute Gasteiger partial charge is 0.384 e. The molecule has 2 aliphatic heterocycles. The molecule has 7 atom stereocenters. The van der Waals surface area contributed by atoms with Gasteiger partial charge in [-0.3, -0.25) is 4.98 Å². The molecule has 4 aliphatic rings. The fraction of sp³-hybridized carbons (Fsp3) is 0.464. The Hall–Kier alpha value is -2.76. The Morgan fingerprint density at radius 1 is 1.32 bits per heavy atom. The maximum Gasteiger partial charge on any atom is 0.392 e. The molecule has 38 heavy (non-hydrogen) atoms. The van der Waals surface area contributed by atoms with Gasteiger partial charge in [0.15, 0.2) is 6.23 Å². The molecule has 1 fully saturated rings. The maximum absolute atomic E-state index is 13.6. The van der Waals surface area contributed by atoms with E-state index in [1.54, 1.807) is 47.7 Å². The quantitative estimate of drug-likeness (QED) is 0.417. The molecule has 2 aliphatic carbocycles. The third-order valence-electron chi connectivity index (χ3n) is 7.71. The molecule has 1 aromatic rings. The minimum Gasteiger partial charge on any atom is -0.384 e. The molecule has 7 nitrogen and oxygen atoms in total. The molecule has 0 radical (unpaired) electrons. The van der Waals surface area contributed by atoms with E-state index in [1.807, 2.05) is 12.2 Å². The van der Waals surface area contributed by atoms with Crippen molar-refractivity contribution in [1.29, 1.82) is 0 Å². The summed E-state index contributed by atoms with van der Waals surface area (Å²) in [5.41, 5.74) is 2.76. The third-order valence-corrected chi connectivity index (χ3v) is 7.71. The van der Waals surface area contributed by atoms with Crippen LogP contribution in [-0.4, -0.2) is 62.7 Å². The summed E-state index contributed by atoms with van der Waals surface area (Å²) in [5.74, 6) is -2.37. The van der Waals surface area contributed by atoms with Crippen LogP contribution in [0.4, 0.5) is 13.2 Å². The Morgan fingerprint density at radius 2 is 2.13 bits per heavy atom. The molecule has 0 aromatic carbocycles. The Kier molecular flexibility index (Phi) is 7.61. The van der Waals surface area contributed by atoms with Crippen molar-refractivity contribution in [2.75, 3.05) is 6.54 Å². The molecular weight excluding hydrogens is 499 g/mol. The van der Waals surface area contributed by atoms with Crippen molar-refractivity contribution >= 4 is 0 Å². The SMILES string of the molecule is C=C(CC1CN(C2C=C3C(=CC2)C=C(C2C=CCCC2C(F)(F)F)NC3O)C(O)O1)C(O)c1cccnc1. The summed E-state index contributed by atoms with van der Waals surface area (Å²) in [6.07, 6.45) is 5.16. The van der Waals surface area contributed by atoms with Gasteiger partial charge in [0, 0.05) is 47.7 Å². The predicted octanol–water partition coefficient (Wildman–Crippen LogP) is 3.61. The van der Waals surface area contributed by atoms with E-state index < -0.39 is 42.9 Å². The molecule has 7 unspecified atom stereocenters. The first-order chi connectivity index (χ1) is 18.1. The number of rotatable bonds is 6. The lowest BCUT2D eigenvalue weighted by atomic mass is 9.78. The lowest BCUT2D eigenvalue weighted by molar-refractivity contribution is -0.184. The zero-order chi connectivity index (χ0) is 27.0. The highest BCUT2D eigenvalue weighted by Gasteiger charge is 2.46. The summed E-state index contributed by atoms with van der Waals surface area (Å²) in [5, 5.41) is 34.9. The number of allylic oxidation sites excluding steroid dienone is 3. The number of aliphatic hydroxyl groups is 3. The number of hydrogen-bond donors (Lipinski definition) is 4. The van der Waals surface area contributed by atoms with Crippen LogP contribution >= 0.6 is 0 Å². The summed E-state index contributed by atoms with van der Waals surface area (Å²) >= 11 is 0. The van der Waals surface area contributed by atoms with Gasteiger partial charge in [-0.25, -0.2) is 4.90 Å². The van der Waals surface area contributed by atoms with E-state index >= 15 is 0 Å². The highest BCUT2D eigenvalue weighted by molar-refractivity contribution is 5.50. The molecule has 10 heteroatoms. The van der Waals surface area contributed by atoms with Crippen LogP contribution in [0, 0.1) is 11.8 Å². The lowest BCUT2D eigenvalue weighted by Gasteiger charge is -2.38. The van der Waals surface area contributed by atoms with Crippen LogP contribution in [0.3, 0.4) is 0 Å². The average Bonchev–Trinajstić information content (AvgIpc) is 3.27. The Labute approximate surface area is 219 Å². The first-order valence-electron chi connectivity index (χ1n) is 12.8. The minimum absolute atomic E-state index is 0.0172. The number of nitrogens with zero attached hydrogens (tertiary/aromatic N) is 2. The van der Waals surface area contributed by atoms with Gasteiger partial charge in [0.2, 0.25) is 6.41 Å². The van der Waals surface area contributed by atoms with Crippen LogP contribution in [0.2, 0.25) is 0 Å². The summed E-state index contributed by atoms with van der Waals surface area (Å²) < 4.78 is 46.6. The largest absolute Gasteiger partial charge is 0.392 e. The fourth-order valence-electron chi connectivity index (χ4n) is 5.72. The van der Waals surface area contributed by atoms with Crippen LogP contribution in [0.25, 0.3) is 0 Å². The first-order valence-corrected chi connectivity index (χ1v) is 12.8. The van der Waals surface area contributed by atoms with Crippen molar-refractivity contribution in [3.63, 3.8) is 0 Å². The molecule has 5 rings (SSSR count). The molecule has 1 aromatic heterocycles. The monoisotopic (exact) mass is 531 g/mol. The van der Waals surface area contributed by atoms with Crippen molar-refractivity contribution in [2.45, 2.75) is 62.8 Å². The van der Waals surface area contributed by atoms with E-state index in [0.717, 1.165) is 0 Å². The Balaban J connectivity index is 1.26. The number of alkyl halides is 3. The molecule has 0 saturated carbocycles. The molecule has 4 N–H and O–H groups in total. The van der Waals surface area contributed by atoms with Crippen LogP contribution in [0.5, 0.6) is 0 Å². The van der Waals surface area contributed by atoms with E-state index in [9.17, 15) is 28.5 Å². The predicted molar refractivity (Wildman–Crippen MR) is 134 cm³/mol. The van der Waals surface area contributed by atoms with Crippen molar-refractivity contribution in [3.8, 4) is 0 Å². The molecule has 0 bridgehead atoms. The number of pyridine rings is 1. The average molecular weight is 532 g/mol. The molecule has 1 saturated heterocycles. The van der Waals surface area contributed by atoms with E-state index in [0.29, 0.717) is 53.8 Å². The number of aromatic nitrogens is 1. The number of halogens is 3. The number of hydrogen-bond acceptors (Lipinski definition) is 7. The van der Waals surface area contributed by atoms with Crippen LogP contribution in [0.15, 0.2) is 83.9 Å². The summed E-state index contributed by atoms with van der Waals surface area (Å²) in [6, 6.07) is 3.21. The van der Waals surface area contributed by atoms with E-state index in [2.05, 4.69) is 16.9 Å². The number of nitrogens with one attached hydrogen (secondary N) is 1. The first kappa shape index (κ1) is 26.8. The molecule has 0 amide bonds. The van der Waals surface area contributed by atoms with Crippen molar-refractivity contribution in [1.82, 2.24) is 15.2 Å². The zero-order valence-electron chi connectivity index (χ0n) is 20.8.